The van der Waals surface area contributed by atoms with Gasteiger partial charge in [-0.2, -0.15) is 0 Å². The Hall–Kier alpha value is -4.20. The Labute approximate surface area is 210 Å². The molecule has 2 heterocycles. The molecule has 3 N–H and O–H groups in total. The molecule has 2 aliphatic rings. The quantitative estimate of drug-likeness (QED) is 0.558. The van der Waals surface area contributed by atoms with E-state index in [4.69, 9.17) is 5.73 Å². The van der Waals surface area contributed by atoms with Crippen molar-refractivity contribution in [2.45, 2.75) is 32.4 Å². The lowest BCUT2D eigenvalue weighted by Crippen LogP contribution is -2.45. The smallest absolute Gasteiger partial charge is 0.256 e. The number of pyridine rings is 1. The zero-order chi connectivity index (χ0) is 25.4. The summed E-state index contributed by atoms with van der Waals surface area (Å²) in [6, 6.07) is 15.6. The molecule has 1 aromatic heterocycles. The van der Waals surface area contributed by atoms with Gasteiger partial charge in [0.15, 0.2) is 0 Å². The van der Waals surface area contributed by atoms with Crippen LogP contribution >= 0.6 is 0 Å². The van der Waals surface area contributed by atoms with Crippen molar-refractivity contribution in [1.82, 2.24) is 15.2 Å². The molecule has 0 bridgehead atoms. The van der Waals surface area contributed by atoms with Crippen LogP contribution in [-0.2, 0) is 11.3 Å². The first-order valence-corrected chi connectivity index (χ1v) is 12.1. The number of nitrogen functional groups attached to an aromatic ring is 1. The number of nitrogens with zero attached hydrogens (tertiary/aromatic N) is 3. The number of aromatic nitrogens is 1. The van der Waals surface area contributed by atoms with E-state index in [0.717, 1.165) is 29.5 Å². The van der Waals surface area contributed by atoms with Crippen molar-refractivity contribution >= 4 is 29.2 Å². The average Bonchev–Trinajstić information content (AvgIpc) is 3.73. The zero-order valence-corrected chi connectivity index (χ0v) is 20.4. The molecule has 1 fully saturated rings. The Balaban J connectivity index is 1.43. The van der Waals surface area contributed by atoms with Crippen LogP contribution in [0.4, 0.5) is 11.5 Å². The molecule has 0 radical (unpaired) electrons. The monoisotopic (exact) mass is 483 g/mol. The summed E-state index contributed by atoms with van der Waals surface area (Å²) in [6.07, 6.45) is 3.95. The molecule has 1 saturated carbocycles. The molecular formula is C28H29N5O3. The maximum absolute atomic E-state index is 13.7. The van der Waals surface area contributed by atoms with Crippen molar-refractivity contribution in [3.8, 4) is 11.1 Å². The van der Waals surface area contributed by atoms with Crippen molar-refractivity contribution in [2.75, 3.05) is 24.2 Å². The van der Waals surface area contributed by atoms with Gasteiger partial charge < -0.3 is 20.9 Å². The van der Waals surface area contributed by atoms with Gasteiger partial charge >= 0.3 is 0 Å². The molecule has 2 aromatic carbocycles. The fourth-order valence-corrected chi connectivity index (χ4v) is 4.54. The molecule has 1 atom stereocenters. The summed E-state index contributed by atoms with van der Waals surface area (Å²) in [6.45, 7) is 2.64. The maximum atomic E-state index is 13.7. The number of likely N-dealkylation sites (N-methyl/N-ethyl adjacent to an activating group) is 1. The fourth-order valence-electron chi connectivity index (χ4n) is 4.54. The molecule has 1 aliphatic heterocycles. The lowest BCUT2D eigenvalue weighted by Gasteiger charge is -2.27. The van der Waals surface area contributed by atoms with Crippen molar-refractivity contribution in [3.05, 3.63) is 77.5 Å². The van der Waals surface area contributed by atoms with Gasteiger partial charge in [0.05, 0.1) is 11.3 Å². The molecule has 0 unspecified atom stereocenters. The lowest BCUT2D eigenvalue weighted by molar-refractivity contribution is -0.122. The van der Waals surface area contributed by atoms with Crippen LogP contribution in [0.3, 0.4) is 0 Å². The Morgan fingerprint density at radius 3 is 2.61 bits per heavy atom. The summed E-state index contributed by atoms with van der Waals surface area (Å²) in [5.74, 6) is 0.439. The standard InChI is InChI=1S/C28H29N5O3/c1-17-27(35)32(2)24-13-20(21-10-11-30-25(29)14-21)8-9-23(24)28(36)33(17)16-19-4-3-5-22(12-19)26(34)31-15-18-6-7-18/h3-5,8-14,17-18H,6-7,15-16H2,1-2H3,(H2,29,30)(H,31,34)/t17-/m1/s1. The predicted molar refractivity (Wildman–Crippen MR) is 138 cm³/mol. The summed E-state index contributed by atoms with van der Waals surface area (Å²) in [5.41, 5.74) is 9.85. The number of fused-ring (bicyclic) bond motifs is 1. The highest BCUT2D eigenvalue weighted by Crippen LogP contribution is 2.33. The second-order valence-corrected chi connectivity index (χ2v) is 9.56. The highest BCUT2D eigenvalue weighted by molar-refractivity contribution is 6.11. The van der Waals surface area contributed by atoms with Gasteiger partial charge in [-0.25, -0.2) is 4.98 Å². The highest BCUT2D eigenvalue weighted by Gasteiger charge is 2.36. The number of hydrogen-bond acceptors (Lipinski definition) is 5. The molecule has 0 spiro atoms. The third kappa shape index (κ3) is 4.66. The van der Waals surface area contributed by atoms with Gasteiger partial charge in [0, 0.05) is 31.9 Å². The summed E-state index contributed by atoms with van der Waals surface area (Å²) in [5, 5.41) is 2.98. The minimum absolute atomic E-state index is 0.121. The molecule has 0 saturated heterocycles. The van der Waals surface area contributed by atoms with Crippen LogP contribution in [0.1, 0.15) is 46.0 Å². The van der Waals surface area contributed by atoms with E-state index in [1.54, 1.807) is 49.3 Å². The highest BCUT2D eigenvalue weighted by atomic mass is 16.2. The van der Waals surface area contributed by atoms with E-state index in [0.29, 0.717) is 35.1 Å². The number of anilines is 2. The Morgan fingerprint density at radius 1 is 1.08 bits per heavy atom. The van der Waals surface area contributed by atoms with Crippen molar-refractivity contribution in [2.24, 2.45) is 5.92 Å². The number of nitrogens with two attached hydrogens (primary N) is 1. The zero-order valence-electron chi connectivity index (χ0n) is 20.4. The van der Waals surface area contributed by atoms with E-state index in [1.807, 2.05) is 30.3 Å². The van der Waals surface area contributed by atoms with E-state index in [-0.39, 0.29) is 24.3 Å². The lowest BCUT2D eigenvalue weighted by atomic mass is 10.0. The van der Waals surface area contributed by atoms with Gasteiger partial charge in [0.2, 0.25) is 5.91 Å². The largest absolute Gasteiger partial charge is 0.384 e. The number of amides is 3. The van der Waals surface area contributed by atoms with Gasteiger partial charge in [-0.15, -0.1) is 0 Å². The number of carbonyl (C=O) groups is 3. The molecule has 8 heteroatoms. The summed E-state index contributed by atoms with van der Waals surface area (Å²) in [7, 11) is 1.68. The fraction of sp³-hybridized carbons (Fsp3) is 0.286. The van der Waals surface area contributed by atoms with Crippen LogP contribution in [0, 0.1) is 5.92 Å². The molecule has 5 rings (SSSR count). The normalized spacial score (nSPS) is 17.6. The summed E-state index contributed by atoms with van der Waals surface area (Å²) >= 11 is 0. The molecule has 3 amide bonds. The van der Waals surface area contributed by atoms with Crippen molar-refractivity contribution < 1.29 is 14.4 Å². The van der Waals surface area contributed by atoms with Crippen LogP contribution in [0.15, 0.2) is 60.8 Å². The summed E-state index contributed by atoms with van der Waals surface area (Å²) < 4.78 is 0. The third-order valence-electron chi connectivity index (χ3n) is 6.91. The Kier molecular flexibility index (Phi) is 6.18. The first-order valence-electron chi connectivity index (χ1n) is 12.1. The third-order valence-corrected chi connectivity index (χ3v) is 6.91. The number of benzene rings is 2. The molecule has 36 heavy (non-hydrogen) atoms. The second-order valence-electron chi connectivity index (χ2n) is 9.56. The van der Waals surface area contributed by atoms with Crippen LogP contribution < -0.4 is 16.0 Å². The topological polar surface area (TPSA) is 109 Å². The number of carbonyl (C=O) groups excluding carboxylic acids is 3. The van der Waals surface area contributed by atoms with E-state index < -0.39 is 6.04 Å². The Bertz CT molecular complexity index is 1350. The first kappa shape index (κ1) is 23.5. The number of nitrogens with one attached hydrogen (secondary N) is 1. The molecule has 184 valence electrons. The molecular weight excluding hydrogens is 454 g/mol. The van der Waals surface area contributed by atoms with E-state index in [2.05, 4.69) is 10.3 Å². The van der Waals surface area contributed by atoms with Crippen LogP contribution in [0.2, 0.25) is 0 Å². The molecule has 8 nitrogen and oxygen atoms in total. The Morgan fingerprint density at radius 2 is 1.86 bits per heavy atom. The minimum atomic E-state index is -0.678. The van der Waals surface area contributed by atoms with E-state index in [9.17, 15) is 14.4 Å². The maximum Gasteiger partial charge on any atom is 0.256 e. The van der Waals surface area contributed by atoms with Crippen LogP contribution in [0.25, 0.3) is 11.1 Å². The number of rotatable bonds is 6. The molecule has 3 aromatic rings. The van der Waals surface area contributed by atoms with Gasteiger partial charge in [0.1, 0.15) is 11.9 Å². The van der Waals surface area contributed by atoms with Gasteiger partial charge in [-0.1, -0.05) is 18.2 Å². The van der Waals surface area contributed by atoms with Gasteiger partial charge in [-0.05, 0) is 78.8 Å². The van der Waals surface area contributed by atoms with E-state index >= 15 is 0 Å². The van der Waals surface area contributed by atoms with E-state index in [1.165, 1.54) is 4.90 Å². The van der Waals surface area contributed by atoms with Gasteiger partial charge in [-0.3, -0.25) is 14.4 Å². The summed E-state index contributed by atoms with van der Waals surface area (Å²) in [4.78, 5) is 46.7. The predicted octanol–water partition coefficient (Wildman–Crippen LogP) is 3.48. The average molecular weight is 484 g/mol. The van der Waals surface area contributed by atoms with Gasteiger partial charge in [0.25, 0.3) is 11.8 Å². The van der Waals surface area contributed by atoms with Crippen molar-refractivity contribution in [1.29, 1.82) is 0 Å². The van der Waals surface area contributed by atoms with Crippen LogP contribution in [-0.4, -0.2) is 47.2 Å². The number of hydrogen-bond donors (Lipinski definition) is 2. The molecule has 1 aliphatic carbocycles. The van der Waals surface area contributed by atoms with Crippen molar-refractivity contribution in [3.63, 3.8) is 0 Å². The second kappa shape index (κ2) is 9.45. The first-order chi connectivity index (χ1) is 17.3. The minimum Gasteiger partial charge on any atom is -0.384 e. The van der Waals surface area contributed by atoms with Crippen LogP contribution in [0.5, 0.6) is 0 Å². The SMILES string of the molecule is C[C@@H]1C(=O)N(C)c2cc(-c3ccnc(N)c3)ccc2C(=O)N1Cc1cccc(C(=O)NCC2CC2)c1.